The molecular formula is C16H14ClN3O. The van der Waals surface area contributed by atoms with Gasteiger partial charge in [-0.1, -0.05) is 24.3 Å². The van der Waals surface area contributed by atoms with Crippen LogP contribution in [0.2, 0.25) is 0 Å². The Kier molecular flexibility index (Phi) is 4.50. The van der Waals surface area contributed by atoms with Gasteiger partial charge in [0.15, 0.2) is 5.78 Å². The predicted molar refractivity (Wildman–Crippen MR) is 86.5 cm³/mol. The minimum absolute atomic E-state index is 0. The van der Waals surface area contributed by atoms with Gasteiger partial charge in [0.05, 0.1) is 5.52 Å². The third-order valence-corrected chi connectivity index (χ3v) is 3.07. The highest BCUT2D eigenvalue weighted by Crippen LogP contribution is 2.23. The second kappa shape index (κ2) is 6.33. The quantitative estimate of drug-likeness (QED) is 0.743. The van der Waals surface area contributed by atoms with Crippen molar-refractivity contribution in [3.8, 4) is 0 Å². The van der Waals surface area contributed by atoms with Crippen LogP contribution in [-0.4, -0.2) is 15.8 Å². The van der Waals surface area contributed by atoms with Crippen molar-refractivity contribution in [2.24, 2.45) is 0 Å². The van der Waals surface area contributed by atoms with Crippen molar-refractivity contribution in [1.29, 1.82) is 0 Å². The molecule has 3 rings (SSSR count). The smallest absolute Gasteiger partial charge is 0.159 e. The minimum Gasteiger partial charge on any atom is -0.340 e. The number of ketones is 1. The van der Waals surface area contributed by atoms with Gasteiger partial charge in [-0.05, 0) is 31.2 Å². The molecule has 4 nitrogen and oxygen atoms in total. The van der Waals surface area contributed by atoms with Gasteiger partial charge in [-0.2, -0.15) is 0 Å². The van der Waals surface area contributed by atoms with Crippen molar-refractivity contribution in [2.45, 2.75) is 6.92 Å². The van der Waals surface area contributed by atoms with Crippen molar-refractivity contribution in [3.63, 3.8) is 0 Å². The van der Waals surface area contributed by atoms with E-state index >= 15 is 0 Å². The van der Waals surface area contributed by atoms with Gasteiger partial charge < -0.3 is 5.32 Å². The number of benzene rings is 2. The maximum Gasteiger partial charge on any atom is 0.159 e. The van der Waals surface area contributed by atoms with Crippen LogP contribution in [-0.2, 0) is 0 Å². The summed E-state index contributed by atoms with van der Waals surface area (Å²) in [6, 6.07) is 15.2. The number of carbonyl (C=O) groups is 1. The first kappa shape index (κ1) is 14.9. The van der Waals surface area contributed by atoms with Crippen LogP contribution < -0.4 is 5.32 Å². The fraction of sp³-hybridized carbons (Fsp3) is 0.0625. The van der Waals surface area contributed by atoms with Gasteiger partial charge in [0.2, 0.25) is 0 Å². The predicted octanol–water partition coefficient (Wildman–Crippen LogP) is 4.00. The molecule has 106 valence electrons. The van der Waals surface area contributed by atoms with E-state index in [1.165, 1.54) is 6.33 Å². The monoisotopic (exact) mass is 299 g/mol. The van der Waals surface area contributed by atoms with Crippen molar-refractivity contribution in [2.75, 3.05) is 5.32 Å². The number of halogens is 1. The molecule has 1 N–H and O–H groups in total. The van der Waals surface area contributed by atoms with E-state index in [1.807, 2.05) is 42.5 Å². The number of carbonyl (C=O) groups excluding carboxylic acids is 1. The van der Waals surface area contributed by atoms with E-state index in [-0.39, 0.29) is 18.2 Å². The van der Waals surface area contributed by atoms with Crippen LogP contribution >= 0.6 is 12.4 Å². The van der Waals surface area contributed by atoms with Gasteiger partial charge in [0, 0.05) is 16.6 Å². The Balaban J connectivity index is 0.00000161. The average molecular weight is 300 g/mol. The zero-order valence-electron chi connectivity index (χ0n) is 11.4. The van der Waals surface area contributed by atoms with Crippen LogP contribution in [0.4, 0.5) is 11.5 Å². The summed E-state index contributed by atoms with van der Waals surface area (Å²) in [5, 5.41) is 4.19. The molecule has 3 aromatic rings. The molecular weight excluding hydrogens is 286 g/mol. The number of rotatable bonds is 3. The number of fused-ring (bicyclic) bond motifs is 1. The number of anilines is 2. The molecule has 0 amide bonds. The van der Waals surface area contributed by atoms with E-state index in [2.05, 4.69) is 15.3 Å². The summed E-state index contributed by atoms with van der Waals surface area (Å²) in [6.45, 7) is 1.55. The van der Waals surface area contributed by atoms with Gasteiger partial charge >= 0.3 is 0 Å². The first-order valence-corrected chi connectivity index (χ1v) is 6.32. The van der Waals surface area contributed by atoms with Crippen molar-refractivity contribution < 1.29 is 4.79 Å². The summed E-state index contributed by atoms with van der Waals surface area (Å²) in [6.07, 6.45) is 1.53. The number of nitrogens with zero attached hydrogens (tertiary/aromatic N) is 2. The van der Waals surface area contributed by atoms with Crippen LogP contribution in [0.3, 0.4) is 0 Å². The minimum atomic E-state index is 0. The molecule has 0 fully saturated rings. The number of nitrogens with one attached hydrogen (secondary N) is 1. The molecule has 1 aromatic heterocycles. The van der Waals surface area contributed by atoms with Gasteiger partial charge in [-0.15, -0.1) is 12.4 Å². The normalized spacial score (nSPS) is 9.95. The second-order valence-corrected chi connectivity index (χ2v) is 4.50. The molecule has 1 heterocycles. The Morgan fingerprint density at radius 1 is 1.05 bits per heavy atom. The van der Waals surface area contributed by atoms with Gasteiger partial charge in [-0.25, -0.2) is 9.97 Å². The lowest BCUT2D eigenvalue weighted by Gasteiger charge is -2.08. The highest BCUT2D eigenvalue weighted by molar-refractivity contribution is 5.96. The first-order valence-electron chi connectivity index (χ1n) is 6.32. The topological polar surface area (TPSA) is 54.9 Å². The molecule has 0 unspecified atom stereocenters. The summed E-state index contributed by atoms with van der Waals surface area (Å²) in [7, 11) is 0. The van der Waals surface area contributed by atoms with E-state index in [1.54, 1.807) is 13.0 Å². The third-order valence-electron chi connectivity index (χ3n) is 3.07. The molecule has 2 aromatic carbocycles. The lowest BCUT2D eigenvalue weighted by Crippen LogP contribution is -1.98. The number of hydrogen-bond donors (Lipinski definition) is 1. The molecule has 0 aliphatic rings. The highest BCUT2D eigenvalue weighted by atomic mass is 35.5. The number of hydrogen-bond acceptors (Lipinski definition) is 4. The van der Waals surface area contributed by atoms with Crippen molar-refractivity contribution >= 4 is 40.6 Å². The second-order valence-electron chi connectivity index (χ2n) is 4.50. The highest BCUT2D eigenvalue weighted by Gasteiger charge is 2.05. The van der Waals surface area contributed by atoms with E-state index < -0.39 is 0 Å². The maximum atomic E-state index is 11.4. The molecule has 0 radical (unpaired) electrons. The molecule has 5 heteroatoms. The third kappa shape index (κ3) is 3.17. The summed E-state index contributed by atoms with van der Waals surface area (Å²) >= 11 is 0. The molecule has 0 bridgehead atoms. The Labute approximate surface area is 128 Å². The van der Waals surface area contributed by atoms with Crippen LogP contribution in [0.5, 0.6) is 0 Å². The SMILES string of the molecule is CC(=O)c1cccc(Nc2ncnc3ccccc23)c1.Cl. The Bertz CT molecular complexity index is 784. The number of Topliss-reactive ketones (excluding diaryl/α,β-unsaturated/α-hetero) is 1. The van der Waals surface area contributed by atoms with Crippen LogP contribution in [0.25, 0.3) is 10.9 Å². The molecule has 21 heavy (non-hydrogen) atoms. The summed E-state index contributed by atoms with van der Waals surface area (Å²) in [5.41, 5.74) is 2.39. The fourth-order valence-corrected chi connectivity index (χ4v) is 2.06. The fourth-order valence-electron chi connectivity index (χ4n) is 2.06. The van der Waals surface area contributed by atoms with E-state index in [4.69, 9.17) is 0 Å². The van der Waals surface area contributed by atoms with Crippen LogP contribution in [0, 0.1) is 0 Å². The standard InChI is InChI=1S/C16H13N3O.ClH/c1-11(20)12-5-4-6-13(9-12)19-16-14-7-2-3-8-15(14)17-10-18-16;/h2-10H,1H3,(H,17,18,19);1H. The van der Waals surface area contributed by atoms with Gasteiger partial charge in [0.25, 0.3) is 0 Å². The molecule has 0 spiro atoms. The number of aromatic nitrogens is 2. The number of para-hydroxylation sites is 1. The van der Waals surface area contributed by atoms with Crippen molar-refractivity contribution in [3.05, 3.63) is 60.4 Å². The average Bonchev–Trinajstić information content (AvgIpc) is 2.48. The first-order chi connectivity index (χ1) is 9.74. The summed E-state index contributed by atoms with van der Waals surface area (Å²) in [4.78, 5) is 19.9. The lowest BCUT2D eigenvalue weighted by atomic mass is 10.1. The molecule has 0 aliphatic heterocycles. The maximum absolute atomic E-state index is 11.4. The molecule has 0 saturated heterocycles. The Morgan fingerprint density at radius 2 is 1.86 bits per heavy atom. The Morgan fingerprint density at radius 3 is 2.67 bits per heavy atom. The molecule has 0 aliphatic carbocycles. The molecule has 0 saturated carbocycles. The van der Waals surface area contributed by atoms with Gasteiger partial charge in [-0.3, -0.25) is 4.79 Å². The van der Waals surface area contributed by atoms with E-state index in [9.17, 15) is 4.79 Å². The Hall–Kier alpha value is -2.46. The zero-order valence-corrected chi connectivity index (χ0v) is 12.2. The van der Waals surface area contributed by atoms with Crippen LogP contribution in [0.1, 0.15) is 17.3 Å². The zero-order chi connectivity index (χ0) is 13.9. The summed E-state index contributed by atoms with van der Waals surface area (Å²) in [5.74, 6) is 0.775. The van der Waals surface area contributed by atoms with Gasteiger partial charge in [0.1, 0.15) is 12.1 Å². The van der Waals surface area contributed by atoms with E-state index in [0.29, 0.717) is 5.56 Å². The van der Waals surface area contributed by atoms with Crippen molar-refractivity contribution in [1.82, 2.24) is 9.97 Å². The van der Waals surface area contributed by atoms with E-state index in [0.717, 1.165) is 22.4 Å². The molecule has 0 atom stereocenters. The lowest BCUT2D eigenvalue weighted by molar-refractivity contribution is 0.101. The van der Waals surface area contributed by atoms with Crippen LogP contribution in [0.15, 0.2) is 54.9 Å². The largest absolute Gasteiger partial charge is 0.340 e. The summed E-state index contributed by atoms with van der Waals surface area (Å²) < 4.78 is 0.